The molecule has 1 rings (SSSR count). The van der Waals surface area contributed by atoms with E-state index in [-0.39, 0.29) is 18.1 Å². The summed E-state index contributed by atoms with van der Waals surface area (Å²) in [5, 5.41) is -4.17. The molecule has 0 aromatic carbocycles. The summed E-state index contributed by atoms with van der Waals surface area (Å²) in [6, 6.07) is 0.0208. The van der Waals surface area contributed by atoms with Crippen molar-refractivity contribution in [1.29, 1.82) is 0 Å². The van der Waals surface area contributed by atoms with Gasteiger partial charge in [0, 0.05) is 0 Å². The molecule has 0 amide bonds. The van der Waals surface area contributed by atoms with E-state index in [1.165, 1.54) is 0 Å². The number of hydrogen-bond donors (Lipinski definition) is 3. The Morgan fingerprint density at radius 3 is 1.57 bits per heavy atom. The zero-order valence-corrected chi connectivity index (χ0v) is 23.5. The molecule has 0 fully saturated rings. The second kappa shape index (κ2) is 9.80. The predicted octanol–water partition coefficient (Wildman–Crippen LogP) is 5.74. The van der Waals surface area contributed by atoms with Crippen molar-refractivity contribution in [3.8, 4) is 0 Å². The first-order valence-electron chi connectivity index (χ1n) is 10.7. The third-order valence-corrected chi connectivity index (χ3v) is 71.9. The first-order valence-corrected chi connectivity index (χ1v) is 28.3. The Morgan fingerprint density at radius 2 is 1.32 bits per heavy atom. The van der Waals surface area contributed by atoms with Crippen molar-refractivity contribution in [2.24, 2.45) is 0 Å². The summed E-state index contributed by atoms with van der Waals surface area (Å²) in [7, 11) is -4.55. The van der Waals surface area contributed by atoms with Crippen LogP contribution in [0.15, 0.2) is 21.5 Å². The van der Waals surface area contributed by atoms with Gasteiger partial charge in [-0.15, -0.1) is 0 Å². The van der Waals surface area contributed by atoms with Gasteiger partial charge in [-0.2, -0.15) is 0 Å². The Labute approximate surface area is 172 Å². The van der Waals surface area contributed by atoms with Crippen LogP contribution >= 0.6 is 0 Å². The van der Waals surface area contributed by atoms with Gasteiger partial charge in [0.15, 0.2) is 0 Å². The van der Waals surface area contributed by atoms with E-state index in [0.29, 0.717) is 6.42 Å². The molecule has 0 aliphatic heterocycles. The molecule has 0 saturated carbocycles. The molecule has 0 aromatic heterocycles. The van der Waals surface area contributed by atoms with Gasteiger partial charge in [0.05, 0.1) is 0 Å². The van der Waals surface area contributed by atoms with Gasteiger partial charge in [-0.3, -0.25) is 0 Å². The van der Waals surface area contributed by atoms with E-state index in [9.17, 15) is 13.2 Å². The molecule has 3 N–H and O–H groups in total. The number of halogens is 3. The van der Waals surface area contributed by atoms with E-state index in [4.69, 9.17) is 0 Å². The van der Waals surface area contributed by atoms with Crippen LogP contribution in [0, 0.1) is 0 Å². The third kappa shape index (κ3) is 4.74. The van der Waals surface area contributed by atoms with Gasteiger partial charge >= 0.3 is 173 Å². The molecular weight excluding hydrogens is 503 g/mol. The van der Waals surface area contributed by atoms with Crippen LogP contribution in [0.1, 0.15) is 67.2 Å². The van der Waals surface area contributed by atoms with E-state index in [1.54, 1.807) is 11.5 Å². The number of rotatable bonds is 11. The molecule has 165 valence electrons. The summed E-state index contributed by atoms with van der Waals surface area (Å²) in [4.78, 5) is 0. The number of nitrogens with one attached hydrogen (secondary N) is 3. The molecule has 0 radical (unpaired) electrons. The molecule has 0 aromatic rings. The summed E-state index contributed by atoms with van der Waals surface area (Å²) >= 11 is -5.19. The van der Waals surface area contributed by atoms with Crippen molar-refractivity contribution in [3.63, 3.8) is 0 Å². The first kappa shape index (κ1) is 26.6. The number of hydrogen-bond acceptors (Lipinski definition) is 3. The van der Waals surface area contributed by atoms with E-state index in [2.05, 4.69) is 9.78 Å². The molecule has 8 heteroatoms. The van der Waals surface area contributed by atoms with E-state index in [1.807, 2.05) is 59.8 Å². The Hall–Kier alpha value is 0.576. The van der Waals surface area contributed by atoms with Crippen LogP contribution < -0.4 is 9.78 Å². The zero-order chi connectivity index (χ0) is 21.8. The van der Waals surface area contributed by atoms with Crippen molar-refractivity contribution in [2.75, 3.05) is 0 Å². The van der Waals surface area contributed by atoms with Crippen LogP contribution in [0.4, 0.5) is 13.2 Å². The molecule has 3 atom stereocenters. The predicted molar refractivity (Wildman–Crippen MR) is 114 cm³/mol. The molecule has 1 aliphatic rings. The van der Waals surface area contributed by atoms with Crippen LogP contribution in [0.25, 0.3) is 0 Å². The fourth-order valence-corrected chi connectivity index (χ4v) is 65.3. The van der Waals surface area contributed by atoms with E-state index >= 15 is 0 Å². The Balaban J connectivity index is 3.96. The molecule has 28 heavy (non-hydrogen) atoms. The van der Waals surface area contributed by atoms with Gasteiger partial charge < -0.3 is 0 Å². The van der Waals surface area contributed by atoms with Gasteiger partial charge in [-0.05, 0) is 0 Å². The van der Waals surface area contributed by atoms with Gasteiger partial charge in [0.25, 0.3) is 0 Å². The van der Waals surface area contributed by atoms with Gasteiger partial charge in [0.2, 0.25) is 0 Å². The van der Waals surface area contributed by atoms with Crippen LogP contribution in [0.3, 0.4) is 0 Å². The van der Waals surface area contributed by atoms with E-state index in [0.717, 1.165) is 22.5 Å². The van der Waals surface area contributed by atoms with Gasteiger partial charge in [0.1, 0.15) is 0 Å². The summed E-state index contributed by atoms with van der Waals surface area (Å²) in [6.07, 6.45) is 8.91. The molecule has 0 bridgehead atoms. The fraction of sp³-hybridized carbons (Fsp3) is 0.800. The van der Waals surface area contributed by atoms with E-state index < -0.39 is 31.6 Å². The molecular formula is C20H41F3GeN3Zr. The topological polar surface area (TPSA) is 36.1 Å². The van der Waals surface area contributed by atoms with Gasteiger partial charge in [-0.25, -0.2) is 0 Å². The molecule has 0 heterocycles. The zero-order valence-electron chi connectivity index (χ0n) is 18.9. The maximum atomic E-state index is 14.9. The fourth-order valence-electron chi connectivity index (χ4n) is 4.23. The third-order valence-electron chi connectivity index (χ3n) is 6.81. The Morgan fingerprint density at radius 1 is 0.929 bits per heavy atom. The average molecular weight is 544 g/mol. The van der Waals surface area contributed by atoms with Crippen molar-refractivity contribution in [2.45, 2.75) is 102 Å². The summed E-state index contributed by atoms with van der Waals surface area (Å²) in [5.41, 5.74) is 0. The van der Waals surface area contributed by atoms with Gasteiger partial charge in [-0.1, -0.05) is 0 Å². The monoisotopic (exact) mass is 544 g/mol. The number of alkyl halides is 3. The van der Waals surface area contributed by atoms with Crippen LogP contribution in [0.5, 0.6) is 0 Å². The quantitative estimate of drug-likeness (QED) is 0.291. The number of allylic oxidation sites excluding steroid dienone is 4. The summed E-state index contributed by atoms with van der Waals surface area (Å²) in [6.45, 7) is 12.2. The Kier molecular flexibility index (Phi) is 9.32. The molecule has 3 nitrogen and oxygen atoms in total. The van der Waals surface area contributed by atoms with Crippen molar-refractivity contribution in [1.82, 2.24) is 9.78 Å². The molecule has 3 unspecified atom stereocenters. The SMILES string of the molecule is CCC(C)[NH][Zr]([NH]C(C)CC)([NH]C(C)CC)([C]1=CC=CC1)[Ge]([CH3])([CH3])[C](F)(F)F. The van der Waals surface area contributed by atoms with Crippen LogP contribution in [-0.2, 0) is 17.1 Å². The first-order chi connectivity index (χ1) is 12.8. The molecule has 0 saturated heterocycles. The molecule has 0 spiro atoms. The summed E-state index contributed by atoms with van der Waals surface area (Å²) < 4.78 is 56.8. The van der Waals surface area contributed by atoms with Crippen molar-refractivity contribution < 1.29 is 30.3 Å². The van der Waals surface area contributed by atoms with Crippen LogP contribution in [-0.4, -0.2) is 32.6 Å². The maximum absolute atomic E-state index is 14.9. The Bertz CT molecular complexity index is 556. The van der Waals surface area contributed by atoms with Crippen molar-refractivity contribution >= 4 is 9.48 Å². The minimum absolute atomic E-state index is 0.00695. The second-order valence-corrected chi connectivity index (χ2v) is 55.3. The second-order valence-electron chi connectivity index (χ2n) is 9.06. The standard InChI is InChI=1S/C5H5.3C4H10N.C3H6F3Ge.Zr/c1-2-4-5-3-1;3*1-3-4(2)5;1-7(2)3(4,5)6;/h1-3H,4H2;3*4-5H,3H2,1-2H3;1-2H3;/q;3*-1;;+3. The minimum atomic E-state index is -5.19. The average Bonchev–Trinajstić information content (AvgIpc) is 3.15. The molecule has 1 aliphatic carbocycles. The van der Waals surface area contributed by atoms with Crippen molar-refractivity contribution in [3.05, 3.63) is 21.5 Å². The van der Waals surface area contributed by atoms with Crippen LogP contribution in [0.2, 0.25) is 11.5 Å². The summed E-state index contributed by atoms with van der Waals surface area (Å²) in [5.74, 6) is 3.18. The normalized spacial score (nSPS) is 20.4.